The second-order valence-corrected chi connectivity index (χ2v) is 7.02. The largest absolute Gasteiger partial charge is 0.396 e. The predicted molar refractivity (Wildman–Crippen MR) is 94.5 cm³/mol. The van der Waals surface area contributed by atoms with Gasteiger partial charge in [-0.1, -0.05) is 32.0 Å². The zero-order chi connectivity index (χ0) is 13.9. The number of hydrogen-bond donors (Lipinski definition) is 2. The molecular formula is C15H24ClIN2O. The lowest BCUT2D eigenvalue weighted by Gasteiger charge is -2.43. The zero-order valence-electron chi connectivity index (χ0n) is 12.1. The quantitative estimate of drug-likeness (QED) is 0.749. The Morgan fingerprint density at radius 3 is 2.45 bits per heavy atom. The molecule has 1 aliphatic rings. The summed E-state index contributed by atoms with van der Waals surface area (Å²) in [6, 6.07) is 8.80. The molecule has 2 rings (SSSR count). The molecule has 1 aromatic rings. The maximum atomic E-state index is 9.80. The fourth-order valence-electron chi connectivity index (χ4n) is 2.84. The van der Waals surface area contributed by atoms with E-state index >= 15 is 0 Å². The van der Waals surface area contributed by atoms with Crippen molar-refractivity contribution in [3.8, 4) is 0 Å². The van der Waals surface area contributed by atoms with E-state index in [9.17, 15) is 5.11 Å². The van der Waals surface area contributed by atoms with Crippen molar-refractivity contribution < 1.29 is 5.11 Å². The first-order valence-corrected chi connectivity index (χ1v) is 7.94. The maximum Gasteiger partial charge on any atom is 0.0500 e. The number of nitrogens with one attached hydrogen (secondary N) is 1. The van der Waals surface area contributed by atoms with Gasteiger partial charge in [0.25, 0.3) is 0 Å². The Balaban J connectivity index is 0.00000200. The minimum Gasteiger partial charge on any atom is -0.396 e. The minimum absolute atomic E-state index is 0. The van der Waals surface area contributed by atoms with E-state index in [1.165, 1.54) is 9.13 Å². The second kappa shape index (κ2) is 7.94. The highest BCUT2D eigenvalue weighted by molar-refractivity contribution is 14.1. The van der Waals surface area contributed by atoms with Crippen molar-refractivity contribution in [2.45, 2.75) is 19.9 Å². The number of benzene rings is 1. The standard InChI is InChI=1S/C15H23IN2O.ClH/c1-15(2,11-19)14(18-9-7-17-8-10-18)12-5-3-4-6-13(12)16;/h3-6,14,17,19H,7-11H2,1-2H3;1H/t14-;/m0./s1. The summed E-state index contributed by atoms with van der Waals surface area (Å²) in [7, 11) is 0. The lowest BCUT2D eigenvalue weighted by atomic mass is 9.80. The molecule has 0 aliphatic carbocycles. The van der Waals surface area contributed by atoms with Gasteiger partial charge in [0.1, 0.15) is 0 Å². The lowest BCUT2D eigenvalue weighted by Crippen LogP contribution is -2.49. The van der Waals surface area contributed by atoms with E-state index in [1.54, 1.807) is 0 Å². The van der Waals surface area contributed by atoms with Crippen LogP contribution in [0.4, 0.5) is 0 Å². The number of rotatable bonds is 4. The lowest BCUT2D eigenvalue weighted by molar-refractivity contribution is 0.0301. The Morgan fingerprint density at radius 1 is 1.30 bits per heavy atom. The third-order valence-electron chi connectivity index (χ3n) is 3.86. The van der Waals surface area contributed by atoms with Crippen LogP contribution in [0, 0.1) is 8.99 Å². The van der Waals surface area contributed by atoms with Crippen LogP contribution in [0.25, 0.3) is 0 Å². The molecule has 1 heterocycles. The normalized spacial score (nSPS) is 18.4. The monoisotopic (exact) mass is 410 g/mol. The summed E-state index contributed by atoms with van der Waals surface area (Å²) < 4.78 is 1.28. The van der Waals surface area contributed by atoms with Crippen LogP contribution >= 0.6 is 35.0 Å². The Hall–Kier alpha value is 0.120. The molecule has 0 unspecified atom stereocenters. The number of hydrogen-bond acceptors (Lipinski definition) is 3. The van der Waals surface area contributed by atoms with Crippen molar-refractivity contribution in [1.29, 1.82) is 0 Å². The van der Waals surface area contributed by atoms with Gasteiger partial charge < -0.3 is 10.4 Å². The Bertz CT molecular complexity index is 422. The van der Waals surface area contributed by atoms with Crippen LogP contribution in [-0.2, 0) is 0 Å². The third kappa shape index (κ3) is 4.07. The average Bonchev–Trinajstić information content (AvgIpc) is 2.42. The Morgan fingerprint density at radius 2 is 1.90 bits per heavy atom. The van der Waals surface area contributed by atoms with Gasteiger partial charge in [0.15, 0.2) is 0 Å². The van der Waals surface area contributed by atoms with E-state index < -0.39 is 0 Å². The van der Waals surface area contributed by atoms with Gasteiger partial charge in [-0.05, 0) is 34.2 Å². The summed E-state index contributed by atoms with van der Waals surface area (Å²) in [6.07, 6.45) is 0. The van der Waals surface area contributed by atoms with Crippen LogP contribution in [0.5, 0.6) is 0 Å². The molecule has 0 radical (unpaired) electrons. The fourth-order valence-corrected chi connectivity index (χ4v) is 3.52. The van der Waals surface area contributed by atoms with Gasteiger partial charge >= 0.3 is 0 Å². The zero-order valence-corrected chi connectivity index (χ0v) is 15.1. The Kier molecular flexibility index (Phi) is 7.21. The van der Waals surface area contributed by atoms with Gasteiger partial charge in [0.2, 0.25) is 0 Å². The highest BCUT2D eigenvalue weighted by Gasteiger charge is 2.36. The molecule has 1 atom stereocenters. The molecule has 1 saturated heterocycles. The molecule has 0 saturated carbocycles. The predicted octanol–water partition coefficient (Wildman–Crippen LogP) is 2.68. The molecule has 0 bridgehead atoms. The molecule has 1 fully saturated rings. The highest BCUT2D eigenvalue weighted by Crippen LogP contribution is 2.39. The van der Waals surface area contributed by atoms with Gasteiger partial charge in [0, 0.05) is 47.8 Å². The van der Waals surface area contributed by atoms with E-state index in [1.807, 2.05) is 0 Å². The molecule has 0 spiro atoms. The molecule has 114 valence electrons. The summed E-state index contributed by atoms with van der Waals surface area (Å²) in [6.45, 7) is 8.65. The fraction of sp³-hybridized carbons (Fsp3) is 0.600. The van der Waals surface area contributed by atoms with Gasteiger partial charge in [-0.3, -0.25) is 4.90 Å². The van der Waals surface area contributed by atoms with Crippen molar-refractivity contribution in [3.05, 3.63) is 33.4 Å². The SMILES string of the molecule is CC(C)(CO)[C@H](c1ccccc1I)N1CCNCC1.Cl. The van der Waals surface area contributed by atoms with Gasteiger partial charge in [-0.25, -0.2) is 0 Å². The minimum atomic E-state index is -0.140. The molecule has 3 nitrogen and oxygen atoms in total. The van der Waals surface area contributed by atoms with Gasteiger partial charge in [-0.2, -0.15) is 0 Å². The maximum absolute atomic E-state index is 9.80. The van der Waals surface area contributed by atoms with Crippen LogP contribution in [0.1, 0.15) is 25.5 Å². The molecule has 20 heavy (non-hydrogen) atoms. The second-order valence-electron chi connectivity index (χ2n) is 5.86. The van der Waals surface area contributed by atoms with E-state index in [4.69, 9.17) is 0 Å². The van der Waals surface area contributed by atoms with E-state index in [0.717, 1.165) is 26.2 Å². The van der Waals surface area contributed by atoms with Crippen molar-refractivity contribution in [2.75, 3.05) is 32.8 Å². The molecule has 2 N–H and O–H groups in total. The summed E-state index contributed by atoms with van der Waals surface area (Å²) in [4.78, 5) is 2.50. The van der Waals surface area contributed by atoms with Crippen LogP contribution in [0.3, 0.4) is 0 Å². The number of aliphatic hydroxyl groups excluding tert-OH is 1. The summed E-state index contributed by atoms with van der Waals surface area (Å²) >= 11 is 2.40. The smallest absolute Gasteiger partial charge is 0.0500 e. The van der Waals surface area contributed by atoms with E-state index in [0.29, 0.717) is 0 Å². The van der Waals surface area contributed by atoms with Crippen LogP contribution in [0.2, 0.25) is 0 Å². The number of nitrogens with zero attached hydrogens (tertiary/aromatic N) is 1. The first kappa shape index (κ1) is 18.2. The first-order valence-electron chi connectivity index (χ1n) is 6.86. The number of aliphatic hydroxyl groups is 1. The summed E-state index contributed by atoms with van der Waals surface area (Å²) in [5.41, 5.74) is 1.20. The Labute approximate surface area is 141 Å². The molecule has 1 aromatic carbocycles. The topological polar surface area (TPSA) is 35.5 Å². The van der Waals surface area contributed by atoms with Crippen molar-refractivity contribution in [2.24, 2.45) is 5.41 Å². The average molecular weight is 411 g/mol. The molecule has 1 aliphatic heterocycles. The number of piperazine rings is 1. The van der Waals surface area contributed by atoms with Crippen molar-refractivity contribution in [3.63, 3.8) is 0 Å². The van der Waals surface area contributed by atoms with Crippen molar-refractivity contribution >= 4 is 35.0 Å². The number of halogens is 2. The van der Waals surface area contributed by atoms with Gasteiger partial charge in [0.05, 0.1) is 0 Å². The molecule has 0 aromatic heterocycles. The molecular weight excluding hydrogens is 387 g/mol. The highest BCUT2D eigenvalue weighted by atomic mass is 127. The van der Waals surface area contributed by atoms with Crippen LogP contribution < -0.4 is 5.32 Å². The van der Waals surface area contributed by atoms with E-state index in [-0.39, 0.29) is 30.5 Å². The third-order valence-corrected chi connectivity index (χ3v) is 4.85. The van der Waals surface area contributed by atoms with Crippen LogP contribution in [-0.4, -0.2) is 42.8 Å². The van der Waals surface area contributed by atoms with Gasteiger partial charge in [-0.15, -0.1) is 12.4 Å². The molecule has 5 heteroatoms. The van der Waals surface area contributed by atoms with Crippen LogP contribution in [0.15, 0.2) is 24.3 Å². The molecule has 0 amide bonds. The first-order chi connectivity index (χ1) is 9.06. The van der Waals surface area contributed by atoms with E-state index in [2.05, 4.69) is 70.9 Å². The summed E-state index contributed by atoms with van der Waals surface area (Å²) in [5, 5.41) is 13.2. The van der Waals surface area contributed by atoms with Crippen molar-refractivity contribution in [1.82, 2.24) is 10.2 Å². The summed E-state index contributed by atoms with van der Waals surface area (Å²) in [5.74, 6) is 0.